The zero-order valence-electron chi connectivity index (χ0n) is 19.1. The first kappa shape index (κ1) is 24.4. The smallest absolute Gasteiger partial charge is 0.416 e. The van der Waals surface area contributed by atoms with Crippen LogP contribution in [0.15, 0.2) is 36.5 Å². The van der Waals surface area contributed by atoms with E-state index in [0.29, 0.717) is 16.9 Å². The SMILES string of the molecule is Cc1cc(C(=O)N2CCC3(c4cc(C(F)(F)F)ccn4)OCOC3C2)ccc1OCC(C)(C)F. The number of likely N-dealkylation sites (tertiary alicyclic amines) is 1. The van der Waals surface area contributed by atoms with E-state index in [1.165, 1.54) is 13.8 Å². The van der Waals surface area contributed by atoms with Gasteiger partial charge in [-0.15, -0.1) is 0 Å². The highest BCUT2D eigenvalue weighted by Gasteiger charge is 2.52. The highest BCUT2D eigenvalue weighted by molar-refractivity contribution is 5.94. The lowest BCUT2D eigenvalue weighted by atomic mass is 9.84. The molecular formula is C24H26F4N2O4. The Kier molecular flexibility index (Phi) is 6.32. The standard InChI is InChI=1S/C24H26F4N2O4/c1-15-10-16(4-5-18(15)32-13-22(2,3)25)21(31)30-9-7-23(20(12-30)33-14-34-23)19-11-17(6-8-29-19)24(26,27)28/h4-6,8,10-11,20H,7,9,12-14H2,1-3H3. The zero-order valence-corrected chi connectivity index (χ0v) is 19.1. The lowest BCUT2D eigenvalue weighted by molar-refractivity contribution is -0.138. The predicted molar refractivity (Wildman–Crippen MR) is 114 cm³/mol. The molecule has 0 bridgehead atoms. The van der Waals surface area contributed by atoms with Crippen molar-refractivity contribution in [2.45, 2.75) is 50.7 Å². The number of carbonyl (C=O) groups is 1. The second kappa shape index (κ2) is 8.81. The summed E-state index contributed by atoms with van der Waals surface area (Å²) >= 11 is 0. The number of hydrogen-bond donors (Lipinski definition) is 0. The number of fused-ring (bicyclic) bond motifs is 1. The fraction of sp³-hybridized carbons (Fsp3) is 0.500. The quantitative estimate of drug-likeness (QED) is 0.581. The first-order chi connectivity index (χ1) is 15.9. The van der Waals surface area contributed by atoms with Gasteiger partial charge in [-0.05, 0) is 56.7 Å². The van der Waals surface area contributed by atoms with Crippen molar-refractivity contribution in [3.8, 4) is 5.75 Å². The average Bonchev–Trinajstić information content (AvgIpc) is 3.21. The highest BCUT2D eigenvalue weighted by atomic mass is 19.4. The summed E-state index contributed by atoms with van der Waals surface area (Å²) in [6.07, 6.45) is -3.81. The van der Waals surface area contributed by atoms with Gasteiger partial charge >= 0.3 is 6.18 Å². The number of aryl methyl sites for hydroxylation is 1. The van der Waals surface area contributed by atoms with Crippen molar-refractivity contribution in [2.24, 2.45) is 0 Å². The molecule has 0 spiro atoms. The van der Waals surface area contributed by atoms with Gasteiger partial charge in [-0.25, -0.2) is 4.39 Å². The largest absolute Gasteiger partial charge is 0.490 e. The van der Waals surface area contributed by atoms with Crippen molar-refractivity contribution in [3.05, 3.63) is 58.9 Å². The summed E-state index contributed by atoms with van der Waals surface area (Å²) in [5.41, 5.74) is -2.19. The molecule has 2 atom stereocenters. The summed E-state index contributed by atoms with van der Waals surface area (Å²) in [4.78, 5) is 18.9. The first-order valence-electron chi connectivity index (χ1n) is 10.9. The molecule has 2 aromatic rings. The van der Waals surface area contributed by atoms with Gasteiger partial charge in [0.05, 0.1) is 17.8 Å². The number of amides is 1. The Labute approximate surface area is 194 Å². The third-order valence-corrected chi connectivity index (χ3v) is 6.05. The Morgan fingerprint density at radius 3 is 2.68 bits per heavy atom. The molecule has 34 heavy (non-hydrogen) atoms. The van der Waals surface area contributed by atoms with Crippen LogP contribution in [0.5, 0.6) is 5.75 Å². The lowest BCUT2D eigenvalue weighted by Crippen LogP contribution is -2.54. The van der Waals surface area contributed by atoms with Crippen LogP contribution in [-0.2, 0) is 21.3 Å². The molecule has 2 aliphatic heterocycles. The van der Waals surface area contributed by atoms with Crippen LogP contribution >= 0.6 is 0 Å². The molecule has 0 N–H and O–H groups in total. The van der Waals surface area contributed by atoms with Gasteiger partial charge in [0.1, 0.15) is 36.5 Å². The summed E-state index contributed by atoms with van der Waals surface area (Å²) in [5, 5.41) is 0. The van der Waals surface area contributed by atoms with Crippen LogP contribution in [0.25, 0.3) is 0 Å². The number of halogens is 4. The Balaban J connectivity index is 1.50. The second-order valence-electron chi connectivity index (χ2n) is 9.22. The van der Waals surface area contributed by atoms with E-state index in [-0.39, 0.29) is 44.5 Å². The highest BCUT2D eigenvalue weighted by Crippen LogP contribution is 2.43. The normalized spacial score (nSPS) is 23.0. The average molecular weight is 482 g/mol. The van der Waals surface area contributed by atoms with Crippen LogP contribution in [0.3, 0.4) is 0 Å². The van der Waals surface area contributed by atoms with E-state index in [1.54, 1.807) is 30.0 Å². The fourth-order valence-electron chi connectivity index (χ4n) is 4.24. The molecule has 1 aromatic carbocycles. The number of benzene rings is 1. The van der Waals surface area contributed by atoms with Crippen molar-refractivity contribution in [1.82, 2.24) is 9.88 Å². The molecule has 3 heterocycles. The maximum atomic E-state index is 13.7. The van der Waals surface area contributed by atoms with Crippen molar-refractivity contribution in [1.29, 1.82) is 0 Å². The third kappa shape index (κ3) is 4.88. The monoisotopic (exact) mass is 482 g/mol. The van der Waals surface area contributed by atoms with Gasteiger partial charge in [-0.3, -0.25) is 9.78 Å². The molecule has 0 radical (unpaired) electrons. The van der Waals surface area contributed by atoms with Crippen molar-refractivity contribution in [3.63, 3.8) is 0 Å². The van der Waals surface area contributed by atoms with Crippen LogP contribution in [0.4, 0.5) is 17.6 Å². The number of pyridine rings is 1. The van der Waals surface area contributed by atoms with Crippen LogP contribution in [0, 0.1) is 6.92 Å². The molecule has 2 unspecified atom stereocenters. The summed E-state index contributed by atoms with van der Waals surface area (Å²) in [5.74, 6) is 0.240. The summed E-state index contributed by atoms with van der Waals surface area (Å²) in [6.45, 7) is 4.79. The first-order valence-corrected chi connectivity index (χ1v) is 10.9. The van der Waals surface area contributed by atoms with Crippen LogP contribution < -0.4 is 4.74 Å². The minimum absolute atomic E-state index is 0.0965. The van der Waals surface area contributed by atoms with Gasteiger partial charge in [-0.1, -0.05) is 0 Å². The van der Waals surface area contributed by atoms with E-state index in [9.17, 15) is 22.4 Å². The molecule has 6 nitrogen and oxygen atoms in total. The van der Waals surface area contributed by atoms with Crippen molar-refractivity contribution >= 4 is 5.91 Å². The molecule has 184 valence electrons. The summed E-state index contributed by atoms with van der Waals surface area (Å²) in [7, 11) is 0. The van der Waals surface area contributed by atoms with Gasteiger partial charge in [0, 0.05) is 24.7 Å². The van der Waals surface area contributed by atoms with Crippen molar-refractivity contribution < 1.29 is 36.6 Å². The third-order valence-electron chi connectivity index (χ3n) is 6.05. The maximum absolute atomic E-state index is 13.7. The van der Waals surface area contributed by atoms with Crippen LogP contribution in [0.2, 0.25) is 0 Å². The number of carbonyl (C=O) groups excluding carboxylic acids is 1. The van der Waals surface area contributed by atoms with Crippen LogP contribution in [0.1, 0.15) is 47.4 Å². The minimum Gasteiger partial charge on any atom is -0.490 e. The maximum Gasteiger partial charge on any atom is 0.416 e. The number of hydrogen-bond acceptors (Lipinski definition) is 5. The molecule has 1 amide bonds. The number of aromatic nitrogens is 1. The van der Waals surface area contributed by atoms with Crippen LogP contribution in [-0.4, -0.2) is 54.1 Å². The predicted octanol–water partition coefficient (Wildman–Crippen LogP) is 4.65. The molecule has 10 heteroatoms. The molecule has 0 saturated carbocycles. The Hall–Kier alpha value is -2.72. The van der Waals surface area contributed by atoms with Gasteiger partial charge < -0.3 is 19.1 Å². The lowest BCUT2D eigenvalue weighted by Gasteiger charge is -2.41. The number of nitrogens with zero attached hydrogens (tertiary/aromatic N) is 2. The fourth-order valence-corrected chi connectivity index (χ4v) is 4.24. The molecule has 4 rings (SSSR count). The minimum atomic E-state index is -4.51. The van der Waals surface area contributed by atoms with E-state index in [0.717, 1.165) is 18.3 Å². The van der Waals surface area contributed by atoms with E-state index in [2.05, 4.69) is 4.98 Å². The Morgan fingerprint density at radius 2 is 2.00 bits per heavy atom. The van der Waals surface area contributed by atoms with Gasteiger partial charge in [0.15, 0.2) is 0 Å². The number of piperidine rings is 1. The molecular weight excluding hydrogens is 456 g/mol. The molecule has 0 aliphatic carbocycles. The molecule has 2 fully saturated rings. The van der Waals surface area contributed by atoms with Gasteiger partial charge in [-0.2, -0.15) is 13.2 Å². The van der Waals surface area contributed by atoms with Gasteiger partial charge in [0.25, 0.3) is 5.91 Å². The zero-order chi connectivity index (χ0) is 24.7. The van der Waals surface area contributed by atoms with Crippen molar-refractivity contribution in [2.75, 3.05) is 26.5 Å². The van der Waals surface area contributed by atoms with E-state index in [1.807, 2.05) is 0 Å². The number of ether oxygens (including phenoxy) is 3. The second-order valence-corrected chi connectivity index (χ2v) is 9.22. The van der Waals surface area contributed by atoms with Gasteiger partial charge in [0.2, 0.25) is 0 Å². The molecule has 1 aromatic heterocycles. The number of rotatable bonds is 5. The summed E-state index contributed by atoms with van der Waals surface area (Å²) in [6, 6.07) is 6.81. The Morgan fingerprint density at radius 1 is 1.24 bits per heavy atom. The van der Waals surface area contributed by atoms with E-state index < -0.39 is 29.1 Å². The molecule has 2 aliphatic rings. The molecule has 2 saturated heterocycles. The van der Waals surface area contributed by atoms with E-state index >= 15 is 0 Å². The van der Waals surface area contributed by atoms with E-state index in [4.69, 9.17) is 14.2 Å². The summed E-state index contributed by atoms with van der Waals surface area (Å²) < 4.78 is 70.4. The topological polar surface area (TPSA) is 60.9 Å². The number of alkyl halides is 4. The Bertz CT molecular complexity index is 1070.